The Morgan fingerprint density at radius 2 is 1.85 bits per heavy atom. The molecule has 8 heteroatoms. The van der Waals surface area contributed by atoms with Gasteiger partial charge in [-0.2, -0.15) is 0 Å². The van der Waals surface area contributed by atoms with Gasteiger partial charge < -0.3 is 19.5 Å². The van der Waals surface area contributed by atoms with Crippen LogP contribution in [0.15, 0.2) is 30.9 Å². The average Bonchev–Trinajstić information content (AvgIpc) is 3.67. The summed E-state index contributed by atoms with van der Waals surface area (Å²) in [5.74, 6) is -1.92. The fourth-order valence-electron chi connectivity index (χ4n) is 4.72. The molecule has 1 aliphatic rings. The predicted molar refractivity (Wildman–Crippen MR) is 152 cm³/mol. The van der Waals surface area contributed by atoms with Crippen LogP contribution in [0.2, 0.25) is 0 Å². The standard InChI is InChI=1S/C32H41F2NO5/c1-8-10-11-14-39-25-16-19(3)15-20(4)27(25)23-17-22(21-12-13-21)29(33)28(30(23)34)24(18-26(36)38-9-2)35-31(37)40-32(5,6)7/h8,15-17,21,24H,1,9-14,18H2,2-7H3,(H,35,37)/t24-/m0/s1. The van der Waals surface area contributed by atoms with Crippen LogP contribution in [0, 0.1) is 25.5 Å². The highest BCUT2D eigenvalue weighted by Crippen LogP contribution is 2.47. The molecule has 218 valence electrons. The van der Waals surface area contributed by atoms with E-state index in [1.165, 1.54) is 0 Å². The Balaban J connectivity index is 2.19. The van der Waals surface area contributed by atoms with Crippen molar-refractivity contribution in [3.05, 3.63) is 64.7 Å². The zero-order chi connectivity index (χ0) is 29.6. The van der Waals surface area contributed by atoms with Crippen molar-refractivity contribution < 1.29 is 32.6 Å². The lowest BCUT2D eigenvalue weighted by Crippen LogP contribution is -2.37. The number of rotatable bonds is 12. The summed E-state index contributed by atoms with van der Waals surface area (Å²) in [7, 11) is 0. The van der Waals surface area contributed by atoms with E-state index in [9.17, 15) is 9.59 Å². The molecular weight excluding hydrogens is 516 g/mol. The molecule has 1 atom stereocenters. The summed E-state index contributed by atoms with van der Waals surface area (Å²) in [5, 5.41) is 2.53. The fraction of sp³-hybridized carbons (Fsp3) is 0.500. The lowest BCUT2D eigenvalue weighted by Gasteiger charge is -2.26. The van der Waals surface area contributed by atoms with Crippen molar-refractivity contribution in [1.82, 2.24) is 5.32 Å². The van der Waals surface area contributed by atoms with Crippen LogP contribution in [0.4, 0.5) is 13.6 Å². The fourth-order valence-corrected chi connectivity index (χ4v) is 4.72. The molecule has 1 fully saturated rings. The quantitative estimate of drug-likeness (QED) is 0.163. The first-order valence-corrected chi connectivity index (χ1v) is 13.9. The second-order valence-electron chi connectivity index (χ2n) is 11.3. The van der Waals surface area contributed by atoms with Crippen molar-refractivity contribution >= 4 is 12.1 Å². The Morgan fingerprint density at radius 3 is 2.45 bits per heavy atom. The molecule has 2 aromatic carbocycles. The average molecular weight is 558 g/mol. The number of unbranched alkanes of at least 4 members (excludes halogenated alkanes) is 1. The molecule has 2 aromatic rings. The Bertz CT molecular complexity index is 1250. The molecule has 0 radical (unpaired) electrons. The van der Waals surface area contributed by atoms with Crippen LogP contribution >= 0.6 is 0 Å². The number of carbonyl (C=O) groups excluding carboxylic acids is 2. The lowest BCUT2D eigenvalue weighted by molar-refractivity contribution is -0.143. The third kappa shape index (κ3) is 8.05. The van der Waals surface area contributed by atoms with E-state index in [1.807, 2.05) is 26.0 Å². The summed E-state index contributed by atoms with van der Waals surface area (Å²) in [6.45, 7) is 14.7. The molecule has 1 amide bonds. The molecule has 0 saturated heterocycles. The molecule has 3 rings (SSSR count). The van der Waals surface area contributed by atoms with Crippen LogP contribution < -0.4 is 10.1 Å². The Kier molecular flexibility index (Phi) is 10.3. The van der Waals surface area contributed by atoms with E-state index in [2.05, 4.69) is 11.9 Å². The van der Waals surface area contributed by atoms with Crippen molar-refractivity contribution in [3.8, 4) is 16.9 Å². The van der Waals surface area contributed by atoms with E-state index in [-0.39, 0.29) is 18.1 Å². The van der Waals surface area contributed by atoms with Gasteiger partial charge >= 0.3 is 12.1 Å². The molecule has 1 aliphatic carbocycles. The maximum Gasteiger partial charge on any atom is 0.408 e. The van der Waals surface area contributed by atoms with Crippen molar-refractivity contribution in [3.63, 3.8) is 0 Å². The second-order valence-corrected chi connectivity index (χ2v) is 11.3. The van der Waals surface area contributed by atoms with Gasteiger partial charge in [-0.15, -0.1) is 6.58 Å². The minimum atomic E-state index is -1.35. The van der Waals surface area contributed by atoms with Crippen LogP contribution in [0.25, 0.3) is 11.1 Å². The molecule has 1 saturated carbocycles. The second kappa shape index (κ2) is 13.3. The van der Waals surface area contributed by atoms with Gasteiger partial charge in [0.05, 0.1) is 25.7 Å². The number of esters is 1. The topological polar surface area (TPSA) is 73.9 Å². The van der Waals surface area contributed by atoms with Gasteiger partial charge in [0.1, 0.15) is 23.0 Å². The van der Waals surface area contributed by atoms with Crippen LogP contribution in [-0.2, 0) is 14.3 Å². The zero-order valence-electron chi connectivity index (χ0n) is 24.4. The number of carbonyl (C=O) groups is 2. The third-order valence-corrected chi connectivity index (χ3v) is 6.52. The number of ether oxygens (including phenoxy) is 3. The van der Waals surface area contributed by atoms with Gasteiger partial charge in [0.25, 0.3) is 0 Å². The normalized spacial score (nSPS) is 13.9. The molecular formula is C32H41F2NO5. The molecule has 0 aromatic heterocycles. The van der Waals surface area contributed by atoms with Gasteiger partial charge in [-0.05, 0) is 102 Å². The summed E-state index contributed by atoms with van der Waals surface area (Å²) in [4.78, 5) is 25.3. The number of hydrogen-bond donors (Lipinski definition) is 1. The van der Waals surface area contributed by atoms with E-state index >= 15 is 8.78 Å². The first kappa shape index (κ1) is 31.1. The van der Waals surface area contributed by atoms with Crippen LogP contribution in [-0.4, -0.2) is 30.9 Å². The number of alkyl carbamates (subject to hydrolysis) is 1. The molecule has 0 bridgehead atoms. The van der Waals surface area contributed by atoms with E-state index in [0.29, 0.717) is 23.5 Å². The van der Waals surface area contributed by atoms with Crippen molar-refractivity contribution in [2.75, 3.05) is 13.2 Å². The number of halogens is 2. The first-order chi connectivity index (χ1) is 18.9. The number of aryl methyl sites for hydroxylation is 2. The number of benzene rings is 2. The summed E-state index contributed by atoms with van der Waals surface area (Å²) in [5.41, 5.74) is 1.48. The van der Waals surface area contributed by atoms with Gasteiger partial charge in [0.15, 0.2) is 0 Å². The monoisotopic (exact) mass is 557 g/mol. The number of nitrogens with one attached hydrogen (secondary N) is 1. The molecule has 0 spiro atoms. The molecule has 0 unspecified atom stereocenters. The van der Waals surface area contributed by atoms with Gasteiger partial charge in [0, 0.05) is 16.7 Å². The predicted octanol–water partition coefficient (Wildman–Crippen LogP) is 7.99. The zero-order valence-corrected chi connectivity index (χ0v) is 24.4. The Morgan fingerprint density at radius 1 is 1.15 bits per heavy atom. The minimum absolute atomic E-state index is 0.0782. The van der Waals surface area contributed by atoms with Gasteiger partial charge in [0.2, 0.25) is 0 Å². The molecule has 1 N–H and O–H groups in total. The van der Waals surface area contributed by atoms with Crippen molar-refractivity contribution in [2.45, 2.75) is 91.2 Å². The third-order valence-electron chi connectivity index (χ3n) is 6.52. The largest absolute Gasteiger partial charge is 0.493 e. The van der Waals surface area contributed by atoms with E-state index in [0.717, 1.165) is 36.8 Å². The summed E-state index contributed by atoms with van der Waals surface area (Å²) < 4.78 is 49.3. The number of amides is 1. The summed E-state index contributed by atoms with van der Waals surface area (Å²) in [6, 6.07) is 3.95. The smallest absolute Gasteiger partial charge is 0.408 e. The van der Waals surface area contributed by atoms with Crippen LogP contribution in [0.5, 0.6) is 5.75 Å². The SMILES string of the molecule is C=CCCCOc1cc(C)cc(C)c1-c1cc(C2CC2)c(F)c([C@H](CC(=O)OCC)NC(=O)OC(C)(C)C)c1F. The Hall–Kier alpha value is -3.42. The maximum atomic E-state index is 16.6. The van der Waals surface area contributed by atoms with Crippen molar-refractivity contribution in [1.29, 1.82) is 0 Å². The molecule has 0 aliphatic heterocycles. The maximum absolute atomic E-state index is 16.6. The Labute approximate surface area is 236 Å². The van der Waals surface area contributed by atoms with Gasteiger partial charge in [-0.25, -0.2) is 13.6 Å². The number of hydrogen-bond acceptors (Lipinski definition) is 5. The van der Waals surface area contributed by atoms with E-state index in [1.54, 1.807) is 39.8 Å². The van der Waals surface area contributed by atoms with Crippen LogP contribution in [0.1, 0.15) is 94.0 Å². The first-order valence-electron chi connectivity index (χ1n) is 13.9. The number of allylic oxidation sites excluding steroid dienone is 1. The van der Waals surface area contributed by atoms with E-state index in [4.69, 9.17) is 14.2 Å². The van der Waals surface area contributed by atoms with Gasteiger partial charge in [-0.3, -0.25) is 4.79 Å². The van der Waals surface area contributed by atoms with Gasteiger partial charge in [-0.1, -0.05) is 12.1 Å². The molecule has 0 heterocycles. The molecule has 40 heavy (non-hydrogen) atoms. The lowest BCUT2D eigenvalue weighted by atomic mass is 9.89. The molecule has 6 nitrogen and oxygen atoms in total. The summed E-state index contributed by atoms with van der Waals surface area (Å²) >= 11 is 0. The summed E-state index contributed by atoms with van der Waals surface area (Å²) in [6.07, 6.45) is 3.49. The van der Waals surface area contributed by atoms with Crippen LogP contribution in [0.3, 0.4) is 0 Å². The highest BCUT2D eigenvalue weighted by atomic mass is 19.1. The van der Waals surface area contributed by atoms with E-state index < -0.39 is 47.3 Å². The minimum Gasteiger partial charge on any atom is -0.493 e. The highest BCUT2D eigenvalue weighted by molar-refractivity contribution is 5.78. The highest BCUT2D eigenvalue weighted by Gasteiger charge is 2.36. The van der Waals surface area contributed by atoms with Crippen molar-refractivity contribution in [2.24, 2.45) is 0 Å².